The summed E-state index contributed by atoms with van der Waals surface area (Å²) >= 11 is 0. The number of carboxylic acids is 1. The average Bonchev–Trinajstić information content (AvgIpc) is 3.38. The van der Waals surface area contributed by atoms with Crippen molar-refractivity contribution in [1.82, 2.24) is 19.9 Å². The van der Waals surface area contributed by atoms with Crippen LogP contribution in [0.2, 0.25) is 0 Å². The number of imidazole rings is 1. The second-order valence-electron chi connectivity index (χ2n) is 8.20. The first kappa shape index (κ1) is 23.3. The van der Waals surface area contributed by atoms with Gasteiger partial charge in [0.05, 0.1) is 22.7 Å². The van der Waals surface area contributed by atoms with Gasteiger partial charge < -0.3 is 24.9 Å². The first-order chi connectivity index (χ1) is 13.9. The predicted octanol–water partition coefficient (Wildman–Crippen LogP) is 3.08. The van der Waals surface area contributed by atoms with Crippen LogP contribution >= 0.6 is 24.8 Å². The standard InChI is InChI=1S/C20H22FN5O3.2ClH/c1-9-5-25(6-10(2)24-9)18-14(21)17-13(15-16(18)23-8-22-15)19(27)12(20(28)29)7-26(17)11-3-4-11;;/h7-11,24H,3-6H2,1-2H3,(H,22,23)(H,28,29);2*1H/t9-,10+;;. The number of aromatic nitrogens is 3. The molecule has 2 atom stereocenters. The van der Waals surface area contributed by atoms with Crippen molar-refractivity contribution < 1.29 is 14.3 Å². The molecular formula is C20H24Cl2FN5O3. The molecule has 5 rings (SSSR count). The van der Waals surface area contributed by atoms with Gasteiger partial charge in [0.2, 0.25) is 5.43 Å². The monoisotopic (exact) mass is 471 g/mol. The van der Waals surface area contributed by atoms with Crippen molar-refractivity contribution in [3.05, 3.63) is 34.1 Å². The van der Waals surface area contributed by atoms with E-state index in [-0.39, 0.29) is 59.4 Å². The van der Waals surface area contributed by atoms with Crippen LogP contribution in [0.3, 0.4) is 0 Å². The highest BCUT2D eigenvalue weighted by Gasteiger charge is 2.33. The lowest BCUT2D eigenvalue weighted by atomic mass is 10.0. The lowest BCUT2D eigenvalue weighted by Gasteiger charge is -2.38. The molecule has 0 radical (unpaired) electrons. The number of aromatic amines is 1. The number of hydrogen-bond acceptors (Lipinski definition) is 5. The third-order valence-electron chi connectivity index (χ3n) is 5.81. The molecule has 1 saturated carbocycles. The van der Waals surface area contributed by atoms with E-state index in [1.165, 1.54) is 12.5 Å². The number of H-pyrrole nitrogens is 1. The first-order valence-electron chi connectivity index (χ1n) is 9.84. The minimum absolute atomic E-state index is 0. The maximum absolute atomic E-state index is 16.1. The number of nitrogens with one attached hydrogen (secondary N) is 2. The zero-order chi connectivity index (χ0) is 20.4. The van der Waals surface area contributed by atoms with Gasteiger partial charge in [0.25, 0.3) is 0 Å². The van der Waals surface area contributed by atoms with Gasteiger partial charge in [-0.2, -0.15) is 0 Å². The van der Waals surface area contributed by atoms with Gasteiger partial charge in [-0.05, 0) is 26.7 Å². The Morgan fingerprint density at radius 3 is 2.45 bits per heavy atom. The van der Waals surface area contributed by atoms with Gasteiger partial charge in [0.15, 0.2) is 5.82 Å². The highest BCUT2D eigenvalue weighted by Crippen LogP contribution is 2.41. The van der Waals surface area contributed by atoms with Crippen LogP contribution in [0.25, 0.3) is 21.9 Å². The van der Waals surface area contributed by atoms with Crippen LogP contribution in [0.4, 0.5) is 10.1 Å². The van der Waals surface area contributed by atoms with Crippen molar-refractivity contribution >= 4 is 58.4 Å². The molecule has 0 spiro atoms. The van der Waals surface area contributed by atoms with Crippen LogP contribution < -0.4 is 15.6 Å². The molecule has 1 aliphatic heterocycles. The van der Waals surface area contributed by atoms with Gasteiger partial charge in [-0.25, -0.2) is 14.2 Å². The Hall–Kier alpha value is -2.36. The fourth-order valence-corrected chi connectivity index (χ4v) is 4.56. The summed E-state index contributed by atoms with van der Waals surface area (Å²) in [5.41, 5.74) is 0.230. The second-order valence-corrected chi connectivity index (χ2v) is 8.20. The molecule has 3 N–H and O–H groups in total. The fraction of sp³-hybridized carbons (Fsp3) is 0.450. The number of piperazine rings is 1. The molecule has 2 aromatic heterocycles. The lowest BCUT2D eigenvalue weighted by molar-refractivity contribution is 0.0695. The van der Waals surface area contributed by atoms with Crippen LogP contribution in [0.5, 0.6) is 0 Å². The van der Waals surface area contributed by atoms with Gasteiger partial charge in [0.1, 0.15) is 16.8 Å². The highest BCUT2D eigenvalue weighted by atomic mass is 35.5. The van der Waals surface area contributed by atoms with E-state index in [4.69, 9.17) is 0 Å². The number of anilines is 1. The molecule has 1 saturated heterocycles. The summed E-state index contributed by atoms with van der Waals surface area (Å²) in [4.78, 5) is 33.9. The molecule has 3 heterocycles. The zero-order valence-corrected chi connectivity index (χ0v) is 18.6. The van der Waals surface area contributed by atoms with E-state index in [1.807, 2.05) is 18.7 Å². The van der Waals surface area contributed by atoms with E-state index in [2.05, 4.69) is 15.3 Å². The SMILES string of the molecule is C[C@@H]1CN(c2c(F)c3c(c(=O)c(C(=O)O)cn3C3CC3)c3nc[nH]c23)C[C@H](C)N1.Cl.Cl. The Morgan fingerprint density at radius 1 is 1.23 bits per heavy atom. The number of nitrogens with zero attached hydrogens (tertiary/aromatic N) is 3. The molecule has 0 bridgehead atoms. The highest BCUT2D eigenvalue weighted by molar-refractivity contribution is 6.10. The summed E-state index contributed by atoms with van der Waals surface area (Å²) in [7, 11) is 0. The van der Waals surface area contributed by atoms with Crippen molar-refractivity contribution in [2.45, 2.75) is 44.8 Å². The third-order valence-corrected chi connectivity index (χ3v) is 5.81. The van der Waals surface area contributed by atoms with E-state index in [9.17, 15) is 14.7 Å². The van der Waals surface area contributed by atoms with E-state index in [1.54, 1.807) is 4.57 Å². The Labute approximate surface area is 189 Å². The topological polar surface area (TPSA) is 103 Å². The number of fused-ring (bicyclic) bond motifs is 3. The molecule has 11 heteroatoms. The number of rotatable bonds is 3. The third kappa shape index (κ3) is 3.64. The summed E-state index contributed by atoms with van der Waals surface area (Å²) < 4.78 is 17.7. The molecular weight excluding hydrogens is 448 g/mol. The van der Waals surface area contributed by atoms with Crippen LogP contribution in [0, 0.1) is 5.82 Å². The van der Waals surface area contributed by atoms with Crippen LogP contribution in [-0.2, 0) is 0 Å². The molecule has 8 nitrogen and oxygen atoms in total. The maximum Gasteiger partial charge on any atom is 0.341 e. The van der Waals surface area contributed by atoms with Crippen molar-refractivity contribution in [3.8, 4) is 0 Å². The number of pyridine rings is 1. The smallest absolute Gasteiger partial charge is 0.341 e. The minimum Gasteiger partial charge on any atom is -0.477 e. The average molecular weight is 472 g/mol. The fourth-order valence-electron chi connectivity index (χ4n) is 4.56. The van der Waals surface area contributed by atoms with Gasteiger partial charge in [-0.15, -0.1) is 24.8 Å². The number of carbonyl (C=O) groups is 1. The lowest BCUT2D eigenvalue weighted by Crippen LogP contribution is -2.54. The largest absolute Gasteiger partial charge is 0.477 e. The maximum atomic E-state index is 16.1. The number of hydrogen-bond donors (Lipinski definition) is 3. The Balaban J connectivity index is 0.00000136. The van der Waals surface area contributed by atoms with Gasteiger partial charge in [-0.3, -0.25) is 4.79 Å². The summed E-state index contributed by atoms with van der Waals surface area (Å²) in [5, 5.41) is 13.0. The molecule has 31 heavy (non-hydrogen) atoms. The molecule has 2 aliphatic rings. The van der Waals surface area contributed by atoms with E-state index in [0.29, 0.717) is 29.8 Å². The first-order valence-corrected chi connectivity index (χ1v) is 9.84. The Morgan fingerprint density at radius 2 is 1.87 bits per heavy atom. The zero-order valence-electron chi connectivity index (χ0n) is 17.0. The molecule has 168 valence electrons. The van der Waals surface area contributed by atoms with Crippen LogP contribution in [-0.4, -0.2) is 50.8 Å². The molecule has 3 aromatic rings. The van der Waals surface area contributed by atoms with Gasteiger partial charge in [-0.1, -0.05) is 0 Å². The normalized spacial score (nSPS) is 21.1. The van der Waals surface area contributed by atoms with Crippen molar-refractivity contribution in [1.29, 1.82) is 0 Å². The number of halogens is 3. The molecule has 0 unspecified atom stereocenters. The van der Waals surface area contributed by atoms with E-state index < -0.39 is 17.2 Å². The molecule has 1 aromatic carbocycles. The molecule has 0 amide bonds. The minimum atomic E-state index is -1.32. The summed E-state index contributed by atoms with van der Waals surface area (Å²) in [6.07, 6.45) is 4.37. The van der Waals surface area contributed by atoms with Crippen molar-refractivity contribution in [2.75, 3.05) is 18.0 Å². The van der Waals surface area contributed by atoms with Crippen molar-refractivity contribution in [2.24, 2.45) is 0 Å². The summed E-state index contributed by atoms with van der Waals surface area (Å²) in [6.45, 7) is 5.32. The quantitative estimate of drug-likeness (QED) is 0.542. The van der Waals surface area contributed by atoms with Crippen molar-refractivity contribution in [3.63, 3.8) is 0 Å². The predicted molar refractivity (Wildman–Crippen MR) is 122 cm³/mol. The number of aromatic carboxylic acids is 1. The Bertz CT molecular complexity index is 1210. The molecule has 2 fully saturated rings. The molecule has 1 aliphatic carbocycles. The number of carboxylic acid groups (broad SMARTS) is 1. The van der Waals surface area contributed by atoms with Gasteiger partial charge >= 0.3 is 5.97 Å². The summed E-state index contributed by atoms with van der Waals surface area (Å²) in [6, 6.07) is 0.342. The summed E-state index contributed by atoms with van der Waals surface area (Å²) in [5.74, 6) is -1.82. The Kier molecular flexibility index (Phi) is 6.23. The second kappa shape index (κ2) is 8.29. The van der Waals surface area contributed by atoms with Crippen LogP contribution in [0.1, 0.15) is 43.1 Å². The van der Waals surface area contributed by atoms with E-state index >= 15 is 4.39 Å². The van der Waals surface area contributed by atoms with Crippen LogP contribution in [0.15, 0.2) is 17.3 Å². The van der Waals surface area contributed by atoms with E-state index in [0.717, 1.165) is 12.8 Å². The number of benzene rings is 1. The van der Waals surface area contributed by atoms with Gasteiger partial charge in [0, 0.05) is 37.4 Å².